The van der Waals surface area contributed by atoms with Crippen LogP contribution in [0.15, 0.2) is 48.5 Å². The molecule has 0 saturated carbocycles. The van der Waals surface area contributed by atoms with Crippen molar-refractivity contribution in [1.82, 2.24) is 5.32 Å². The second-order valence-corrected chi connectivity index (χ2v) is 5.04. The molecule has 0 bridgehead atoms. The fraction of sp³-hybridized carbons (Fsp3) is 0.222. The number of benzene rings is 2. The fourth-order valence-corrected chi connectivity index (χ4v) is 2.04. The number of carbonyl (C=O) groups excluding carboxylic acids is 2. The molecule has 0 aliphatic carbocycles. The molecule has 2 aromatic rings. The van der Waals surface area contributed by atoms with Crippen molar-refractivity contribution in [3.05, 3.63) is 59.7 Å². The van der Waals surface area contributed by atoms with Crippen molar-refractivity contribution >= 4 is 17.5 Å². The number of methoxy groups -OCH3 is 1. The average molecular weight is 312 g/mol. The summed E-state index contributed by atoms with van der Waals surface area (Å²) in [6.07, 6.45) is 0.968. The van der Waals surface area contributed by atoms with Crippen LogP contribution in [0.3, 0.4) is 0 Å². The maximum atomic E-state index is 11.9. The maximum Gasteiger partial charge on any atom is 0.313 e. The number of hydrogen-bond acceptors (Lipinski definition) is 3. The summed E-state index contributed by atoms with van der Waals surface area (Å²) in [7, 11) is 1.54. The third kappa shape index (κ3) is 4.85. The van der Waals surface area contributed by atoms with Crippen LogP contribution < -0.4 is 15.4 Å². The molecular formula is C18H20N2O3. The molecule has 2 rings (SSSR count). The minimum Gasteiger partial charge on any atom is -0.497 e. The summed E-state index contributed by atoms with van der Waals surface area (Å²) in [6.45, 7) is 2.40. The lowest BCUT2D eigenvalue weighted by molar-refractivity contribution is -0.136. The third-order valence-electron chi connectivity index (χ3n) is 3.42. The molecule has 0 unspecified atom stereocenters. The van der Waals surface area contributed by atoms with E-state index in [1.54, 1.807) is 24.3 Å². The molecule has 0 atom stereocenters. The van der Waals surface area contributed by atoms with Crippen LogP contribution in [0, 0.1) is 0 Å². The Balaban J connectivity index is 1.87. The number of carbonyl (C=O) groups is 2. The van der Waals surface area contributed by atoms with Crippen LogP contribution in [0.25, 0.3) is 0 Å². The first-order chi connectivity index (χ1) is 11.1. The molecule has 0 heterocycles. The Morgan fingerprint density at radius 3 is 2.35 bits per heavy atom. The predicted octanol–water partition coefficient (Wildman–Crippen LogP) is 2.51. The van der Waals surface area contributed by atoms with E-state index in [0.29, 0.717) is 18.0 Å². The first-order valence-corrected chi connectivity index (χ1v) is 7.43. The van der Waals surface area contributed by atoms with Gasteiger partial charge in [0, 0.05) is 18.3 Å². The van der Waals surface area contributed by atoms with E-state index in [1.807, 2.05) is 24.3 Å². The summed E-state index contributed by atoms with van der Waals surface area (Å²) in [5.41, 5.74) is 2.69. The van der Waals surface area contributed by atoms with Crippen molar-refractivity contribution in [1.29, 1.82) is 0 Å². The Bertz CT molecular complexity index is 681. The van der Waals surface area contributed by atoms with Crippen LogP contribution in [0.4, 0.5) is 5.69 Å². The van der Waals surface area contributed by atoms with Gasteiger partial charge in [-0.25, -0.2) is 0 Å². The number of amides is 2. The fourth-order valence-electron chi connectivity index (χ4n) is 2.04. The lowest BCUT2D eigenvalue weighted by Gasteiger charge is -2.08. The van der Waals surface area contributed by atoms with Crippen LogP contribution in [0.5, 0.6) is 5.75 Å². The monoisotopic (exact) mass is 312 g/mol. The zero-order valence-electron chi connectivity index (χ0n) is 13.3. The first kappa shape index (κ1) is 16.5. The minimum atomic E-state index is -0.705. The Kier molecular flexibility index (Phi) is 5.74. The maximum absolute atomic E-state index is 11.9. The van der Waals surface area contributed by atoms with E-state index in [1.165, 1.54) is 12.7 Å². The van der Waals surface area contributed by atoms with Crippen molar-refractivity contribution < 1.29 is 14.3 Å². The van der Waals surface area contributed by atoms with E-state index >= 15 is 0 Å². The topological polar surface area (TPSA) is 67.4 Å². The number of aryl methyl sites for hydroxylation is 1. The first-order valence-electron chi connectivity index (χ1n) is 7.43. The summed E-state index contributed by atoms with van der Waals surface area (Å²) in [5.74, 6) is -0.768. The van der Waals surface area contributed by atoms with Gasteiger partial charge in [0.2, 0.25) is 0 Å². The highest BCUT2D eigenvalue weighted by Crippen LogP contribution is 2.16. The lowest BCUT2D eigenvalue weighted by atomic mass is 10.1. The molecule has 0 aliphatic rings. The van der Waals surface area contributed by atoms with Gasteiger partial charge in [-0.15, -0.1) is 0 Å². The normalized spacial score (nSPS) is 10.0. The summed E-state index contributed by atoms with van der Waals surface area (Å²) >= 11 is 0. The molecule has 5 nitrogen and oxygen atoms in total. The van der Waals surface area contributed by atoms with Gasteiger partial charge in [-0.1, -0.05) is 37.3 Å². The number of anilines is 1. The van der Waals surface area contributed by atoms with E-state index < -0.39 is 11.8 Å². The Morgan fingerprint density at radius 1 is 1.00 bits per heavy atom. The van der Waals surface area contributed by atoms with E-state index in [4.69, 9.17) is 4.74 Å². The van der Waals surface area contributed by atoms with Crippen molar-refractivity contribution in [2.24, 2.45) is 0 Å². The molecule has 2 aromatic carbocycles. The van der Waals surface area contributed by atoms with Crippen molar-refractivity contribution in [2.75, 3.05) is 12.4 Å². The number of rotatable bonds is 5. The van der Waals surface area contributed by atoms with Crippen molar-refractivity contribution in [3.63, 3.8) is 0 Å². The van der Waals surface area contributed by atoms with Gasteiger partial charge < -0.3 is 15.4 Å². The Labute approximate surface area is 135 Å². The molecule has 0 spiro atoms. The molecule has 23 heavy (non-hydrogen) atoms. The smallest absolute Gasteiger partial charge is 0.313 e. The number of hydrogen-bond donors (Lipinski definition) is 2. The zero-order chi connectivity index (χ0) is 16.7. The predicted molar refractivity (Wildman–Crippen MR) is 89.3 cm³/mol. The van der Waals surface area contributed by atoms with Crippen molar-refractivity contribution in [2.45, 2.75) is 19.9 Å². The molecule has 0 fully saturated rings. The van der Waals surface area contributed by atoms with E-state index in [-0.39, 0.29) is 0 Å². The van der Waals surface area contributed by atoms with Gasteiger partial charge in [-0.2, -0.15) is 0 Å². The molecular weight excluding hydrogens is 292 g/mol. The van der Waals surface area contributed by atoms with E-state index in [0.717, 1.165) is 12.0 Å². The zero-order valence-corrected chi connectivity index (χ0v) is 13.3. The van der Waals surface area contributed by atoms with Gasteiger partial charge in [0.1, 0.15) is 5.75 Å². The second-order valence-electron chi connectivity index (χ2n) is 5.04. The van der Waals surface area contributed by atoms with E-state index in [9.17, 15) is 9.59 Å². The molecule has 0 aliphatic heterocycles. The number of ether oxygens (including phenoxy) is 1. The second kappa shape index (κ2) is 7.98. The van der Waals surface area contributed by atoms with Gasteiger partial charge >= 0.3 is 11.8 Å². The van der Waals surface area contributed by atoms with Gasteiger partial charge in [0.25, 0.3) is 0 Å². The third-order valence-corrected chi connectivity index (χ3v) is 3.42. The average Bonchev–Trinajstić information content (AvgIpc) is 2.60. The van der Waals surface area contributed by atoms with Crippen LogP contribution >= 0.6 is 0 Å². The van der Waals surface area contributed by atoms with Gasteiger partial charge in [-0.3, -0.25) is 9.59 Å². The lowest BCUT2D eigenvalue weighted by Crippen LogP contribution is -2.34. The highest BCUT2D eigenvalue weighted by molar-refractivity contribution is 6.39. The van der Waals surface area contributed by atoms with Crippen molar-refractivity contribution in [3.8, 4) is 5.75 Å². The Morgan fingerprint density at radius 2 is 1.70 bits per heavy atom. The molecule has 0 saturated heterocycles. The van der Waals surface area contributed by atoms with E-state index in [2.05, 4.69) is 17.6 Å². The largest absolute Gasteiger partial charge is 0.497 e. The van der Waals surface area contributed by atoms with Gasteiger partial charge in [0.05, 0.1) is 7.11 Å². The summed E-state index contributed by atoms with van der Waals surface area (Å²) in [6, 6.07) is 14.7. The molecule has 120 valence electrons. The summed E-state index contributed by atoms with van der Waals surface area (Å²) in [5, 5.41) is 5.14. The quantitative estimate of drug-likeness (QED) is 0.834. The SMILES string of the molecule is CCc1ccc(CNC(=O)C(=O)Nc2cccc(OC)c2)cc1. The van der Waals surface area contributed by atoms with Crippen LogP contribution in [0.2, 0.25) is 0 Å². The highest BCUT2D eigenvalue weighted by Gasteiger charge is 2.13. The minimum absolute atomic E-state index is 0.314. The highest BCUT2D eigenvalue weighted by atomic mass is 16.5. The van der Waals surface area contributed by atoms with Crippen LogP contribution in [-0.2, 0) is 22.6 Å². The van der Waals surface area contributed by atoms with Gasteiger partial charge in [0.15, 0.2) is 0 Å². The molecule has 5 heteroatoms. The molecule has 0 radical (unpaired) electrons. The number of nitrogens with one attached hydrogen (secondary N) is 2. The Hall–Kier alpha value is -2.82. The van der Waals surface area contributed by atoms with Crippen LogP contribution in [0.1, 0.15) is 18.1 Å². The molecule has 2 amide bonds. The molecule has 0 aromatic heterocycles. The van der Waals surface area contributed by atoms with Gasteiger partial charge in [-0.05, 0) is 29.7 Å². The molecule has 2 N–H and O–H groups in total. The summed E-state index contributed by atoms with van der Waals surface area (Å²) < 4.78 is 5.07. The van der Waals surface area contributed by atoms with Crippen LogP contribution in [-0.4, -0.2) is 18.9 Å². The summed E-state index contributed by atoms with van der Waals surface area (Å²) in [4.78, 5) is 23.7. The standard InChI is InChI=1S/C18H20N2O3/c1-3-13-7-9-14(10-8-13)12-19-17(21)18(22)20-15-5-4-6-16(11-15)23-2/h4-11H,3,12H2,1-2H3,(H,19,21)(H,20,22).